The average Bonchev–Trinajstić information content (AvgIpc) is 3.21. The molecule has 144 valence electrons. The van der Waals surface area contributed by atoms with Crippen LogP contribution in [0.1, 0.15) is 6.42 Å². The third-order valence-electron chi connectivity index (χ3n) is 5.69. The summed E-state index contributed by atoms with van der Waals surface area (Å²) in [5, 5.41) is -1.93. The minimum absolute atomic E-state index is 0.0757. The first-order chi connectivity index (χ1) is 12.8. The summed E-state index contributed by atoms with van der Waals surface area (Å²) >= 11 is 7.22. The quantitative estimate of drug-likeness (QED) is 0.560. The molecule has 2 aliphatic rings. The Morgan fingerprint density at radius 2 is 0.963 bits per heavy atom. The van der Waals surface area contributed by atoms with E-state index < -0.39 is 30.2 Å². The molecule has 0 N–H and O–H groups in total. The lowest BCUT2D eigenvalue weighted by Crippen LogP contribution is -2.50. The first-order valence-corrected chi connectivity index (χ1v) is 13.5. The van der Waals surface area contributed by atoms with Crippen molar-refractivity contribution < 1.29 is 16.8 Å². The van der Waals surface area contributed by atoms with Crippen molar-refractivity contribution in [1.82, 2.24) is 0 Å². The number of halogens is 2. The van der Waals surface area contributed by atoms with Gasteiger partial charge in [0.1, 0.15) is 0 Å². The Balaban J connectivity index is 1.87. The second kappa shape index (κ2) is 6.97. The van der Waals surface area contributed by atoms with Gasteiger partial charge in [-0.1, -0.05) is 68.3 Å². The first kappa shape index (κ1) is 19.6. The Morgan fingerprint density at radius 3 is 1.30 bits per heavy atom. The standard InChI is InChI=1S/C19H18Br2O4S2/c20-16-14-11-15(17(16)21)19(27(24,25)13-9-5-2-6-10-13)18(14)26(22,23)12-7-3-1-4-8-12/h1-10,14-19H,11H2/t14-,15+,16+,17-,18-,19-/m1/s1. The van der Waals surface area contributed by atoms with Gasteiger partial charge in [0.25, 0.3) is 0 Å². The Kier molecular flexibility index (Phi) is 5.06. The lowest BCUT2D eigenvalue weighted by atomic mass is 9.99. The van der Waals surface area contributed by atoms with Crippen LogP contribution in [0.2, 0.25) is 0 Å². The van der Waals surface area contributed by atoms with Crippen LogP contribution in [0.25, 0.3) is 0 Å². The Labute approximate surface area is 176 Å². The molecule has 4 nitrogen and oxygen atoms in total. The van der Waals surface area contributed by atoms with Gasteiger partial charge in [-0.2, -0.15) is 0 Å². The molecule has 0 amide bonds. The van der Waals surface area contributed by atoms with E-state index in [1.165, 1.54) is 0 Å². The zero-order valence-corrected chi connectivity index (χ0v) is 19.0. The van der Waals surface area contributed by atoms with Gasteiger partial charge in [-0.25, -0.2) is 16.8 Å². The maximum Gasteiger partial charge on any atom is 0.182 e. The molecule has 2 aliphatic carbocycles. The van der Waals surface area contributed by atoms with Gasteiger partial charge in [0.15, 0.2) is 19.7 Å². The van der Waals surface area contributed by atoms with E-state index in [1.807, 2.05) is 0 Å². The van der Waals surface area contributed by atoms with Crippen LogP contribution in [0.4, 0.5) is 0 Å². The van der Waals surface area contributed by atoms with E-state index in [0.717, 1.165) is 0 Å². The summed E-state index contributed by atoms with van der Waals surface area (Å²) in [5.41, 5.74) is 0. The van der Waals surface area contributed by atoms with E-state index in [2.05, 4.69) is 31.9 Å². The minimum atomic E-state index is -3.80. The normalized spacial score (nSPS) is 33.3. The van der Waals surface area contributed by atoms with Gasteiger partial charge in [-0.3, -0.25) is 0 Å². The third-order valence-corrected chi connectivity index (χ3v) is 13.7. The number of hydrogen-bond donors (Lipinski definition) is 0. The van der Waals surface area contributed by atoms with E-state index in [9.17, 15) is 16.8 Å². The molecule has 6 atom stereocenters. The molecule has 27 heavy (non-hydrogen) atoms. The van der Waals surface area contributed by atoms with Gasteiger partial charge in [0, 0.05) is 9.65 Å². The minimum Gasteiger partial charge on any atom is -0.223 e. The number of fused-ring (bicyclic) bond motifs is 2. The Bertz CT molecular complexity index is 954. The van der Waals surface area contributed by atoms with Crippen LogP contribution in [0, 0.1) is 11.8 Å². The second-order valence-corrected chi connectivity index (χ2v) is 13.4. The van der Waals surface area contributed by atoms with Gasteiger partial charge in [0.2, 0.25) is 0 Å². The highest BCUT2D eigenvalue weighted by Crippen LogP contribution is 2.57. The third kappa shape index (κ3) is 3.03. The van der Waals surface area contributed by atoms with Gasteiger partial charge in [0.05, 0.1) is 20.3 Å². The summed E-state index contributed by atoms with van der Waals surface area (Å²) in [6, 6.07) is 16.3. The molecule has 2 bridgehead atoms. The van der Waals surface area contributed by atoms with E-state index in [4.69, 9.17) is 0 Å². The molecule has 0 saturated heterocycles. The smallest absolute Gasteiger partial charge is 0.182 e. The highest BCUT2D eigenvalue weighted by molar-refractivity contribution is 9.12. The summed E-state index contributed by atoms with van der Waals surface area (Å²) in [6.07, 6.45) is 0.569. The molecule has 2 saturated carbocycles. The molecule has 0 aromatic heterocycles. The first-order valence-electron chi connectivity index (χ1n) is 8.62. The van der Waals surface area contributed by atoms with Crippen molar-refractivity contribution in [2.24, 2.45) is 11.8 Å². The molecule has 0 aliphatic heterocycles. The summed E-state index contributed by atoms with van der Waals surface area (Å²) in [4.78, 5) is 0.213. The molecular formula is C19H18Br2O4S2. The van der Waals surface area contributed by atoms with Gasteiger partial charge >= 0.3 is 0 Å². The molecule has 0 radical (unpaired) electrons. The fourth-order valence-corrected chi connectivity index (χ4v) is 12.0. The van der Waals surface area contributed by atoms with Crippen molar-refractivity contribution in [1.29, 1.82) is 0 Å². The van der Waals surface area contributed by atoms with Crippen molar-refractivity contribution in [3.63, 3.8) is 0 Å². The van der Waals surface area contributed by atoms with Gasteiger partial charge in [-0.15, -0.1) is 0 Å². The number of sulfone groups is 2. The molecule has 8 heteroatoms. The predicted octanol–water partition coefficient (Wildman–Crippen LogP) is 3.85. The van der Waals surface area contributed by atoms with Crippen molar-refractivity contribution >= 4 is 51.5 Å². The molecule has 2 fully saturated rings. The number of benzene rings is 2. The monoisotopic (exact) mass is 532 g/mol. The molecule has 0 spiro atoms. The Morgan fingerprint density at radius 1 is 0.630 bits per heavy atom. The van der Waals surface area contributed by atoms with Crippen LogP contribution >= 0.6 is 31.9 Å². The van der Waals surface area contributed by atoms with Crippen molar-refractivity contribution in [2.75, 3.05) is 0 Å². The van der Waals surface area contributed by atoms with Crippen molar-refractivity contribution in [3.05, 3.63) is 60.7 Å². The fraction of sp³-hybridized carbons (Fsp3) is 0.368. The lowest BCUT2D eigenvalue weighted by Gasteiger charge is -2.36. The highest BCUT2D eigenvalue weighted by Gasteiger charge is 2.64. The van der Waals surface area contributed by atoms with E-state index in [1.54, 1.807) is 60.7 Å². The largest absolute Gasteiger partial charge is 0.223 e. The lowest BCUT2D eigenvalue weighted by molar-refractivity contribution is 0.474. The fourth-order valence-electron chi connectivity index (χ4n) is 4.51. The van der Waals surface area contributed by atoms with Crippen LogP contribution in [0.15, 0.2) is 70.5 Å². The second-order valence-electron chi connectivity index (χ2n) is 7.10. The van der Waals surface area contributed by atoms with E-state index in [-0.39, 0.29) is 31.3 Å². The highest BCUT2D eigenvalue weighted by atomic mass is 79.9. The molecule has 0 unspecified atom stereocenters. The number of hydrogen-bond acceptors (Lipinski definition) is 4. The summed E-state index contributed by atoms with van der Waals surface area (Å²) < 4.78 is 53.9. The average molecular weight is 534 g/mol. The zero-order valence-electron chi connectivity index (χ0n) is 14.2. The van der Waals surface area contributed by atoms with Gasteiger partial charge < -0.3 is 0 Å². The topological polar surface area (TPSA) is 68.3 Å². The Hall–Kier alpha value is -0.700. The van der Waals surface area contributed by atoms with Crippen LogP contribution in [0.5, 0.6) is 0 Å². The van der Waals surface area contributed by atoms with Crippen LogP contribution in [-0.4, -0.2) is 37.0 Å². The predicted molar refractivity (Wildman–Crippen MR) is 112 cm³/mol. The van der Waals surface area contributed by atoms with Crippen LogP contribution in [0.3, 0.4) is 0 Å². The summed E-state index contributed by atoms with van der Waals surface area (Å²) in [5.74, 6) is -0.513. The van der Waals surface area contributed by atoms with Gasteiger partial charge in [-0.05, 0) is 42.5 Å². The number of alkyl halides is 2. The SMILES string of the molecule is O=S(=O)(c1ccccc1)[C@@H]1[C@@H]2C[C@@H]([C@@H](Br)[C@H]2Br)[C@H]1S(=O)(=O)c1ccccc1. The molecule has 4 rings (SSSR count). The molecule has 2 aromatic rings. The molecular weight excluding hydrogens is 516 g/mol. The summed E-state index contributed by atoms with van der Waals surface area (Å²) in [6.45, 7) is 0. The molecule has 2 aromatic carbocycles. The van der Waals surface area contributed by atoms with Crippen molar-refractivity contribution in [2.45, 2.75) is 36.4 Å². The van der Waals surface area contributed by atoms with Crippen molar-refractivity contribution in [3.8, 4) is 0 Å². The van der Waals surface area contributed by atoms with E-state index >= 15 is 0 Å². The maximum atomic E-state index is 13.5. The van der Waals surface area contributed by atoms with Crippen LogP contribution < -0.4 is 0 Å². The zero-order chi connectivity index (χ0) is 19.4. The maximum absolute atomic E-state index is 13.5. The van der Waals surface area contributed by atoms with Crippen LogP contribution in [-0.2, 0) is 19.7 Å². The summed E-state index contributed by atoms with van der Waals surface area (Å²) in [7, 11) is -7.59. The van der Waals surface area contributed by atoms with E-state index in [0.29, 0.717) is 6.42 Å². The number of rotatable bonds is 4. The molecule has 0 heterocycles.